The molecule has 11 rings (SSSR count). The summed E-state index contributed by atoms with van der Waals surface area (Å²) in [6, 6.07) is 76.4. The summed E-state index contributed by atoms with van der Waals surface area (Å²) in [5.74, 6) is 0. The van der Waals surface area contributed by atoms with Gasteiger partial charge in [0.15, 0.2) is 0 Å². The molecule has 2 nitrogen and oxygen atoms in total. The van der Waals surface area contributed by atoms with Gasteiger partial charge >= 0.3 is 0 Å². The second kappa shape index (κ2) is 13.2. The molecule has 56 heavy (non-hydrogen) atoms. The van der Waals surface area contributed by atoms with E-state index in [1.54, 1.807) is 0 Å². The summed E-state index contributed by atoms with van der Waals surface area (Å²) < 4.78 is 6.40. The molecule has 1 aromatic heterocycles. The van der Waals surface area contributed by atoms with Crippen molar-refractivity contribution < 1.29 is 4.42 Å². The largest absolute Gasteiger partial charge is 0.455 e. The molecule has 0 bridgehead atoms. The van der Waals surface area contributed by atoms with Gasteiger partial charge in [-0.25, -0.2) is 0 Å². The minimum absolute atomic E-state index is 0.908. The van der Waals surface area contributed by atoms with Gasteiger partial charge in [0, 0.05) is 33.4 Å². The van der Waals surface area contributed by atoms with Crippen molar-refractivity contribution in [1.82, 2.24) is 0 Å². The molecule has 0 saturated heterocycles. The minimum Gasteiger partial charge on any atom is -0.455 e. The average Bonchev–Trinajstić information content (AvgIpc) is 3.66. The second-order valence-electron chi connectivity index (χ2n) is 14.5. The summed E-state index contributed by atoms with van der Waals surface area (Å²) in [7, 11) is 0. The van der Waals surface area contributed by atoms with Gasteiger partial charge in [0.25, 0.3) is 0 Å². The van der Waals surface area contributed by atoms with Crippen LogP contribution in [-0.4, -0.2) is 0 Å². The summed E-state index contributed by atoms with van der Waals surface area (Å²) in [6.45, 7) is 0. The Kier molecular flexibility index (Phi) is 7.53. The fourth-order valence-electron chi connectivity index (χ4n) is 8.48. The molecule has 0 spiro atoms. The lowest BCUT2D eigenvalue weighted by atomic mass is 9.95. The summed E-state index contributed by atoms with van der Waals surface area (Å²) in [5.41, 5.74) is 12.0. The molecule has 10 aromatic carbocycles. The summed E-state index contributed by atoms with van der Waals surface area (Å²) >= 11 is 0. The van der Waals surface area contributed by atoms with Crippen LogP contribution in [0.25, 0.3) is 87.6 Å². The fraction of sp³-hybridized carbons (Fsp3) is 0. The lowest BCUT2D eigenvalue weighted by Gasteiger charge is -2.26. The number of anilines is 3. The first kappa shape index (κ1) is 32.0. The Morgan fingerprint density at radius 1 is 0.286 bits per heavy atom. The van der Waals surface area contributed by atoms with Gasteiger partial charge in [-0.3, -0.25) is 0 Å². The van der Waals surface area contributed by atoms with Crippen LogP contribution in [0.4, 0.5) is 17.1 Å². The van der Waals surface area contributed by atoms with Crippen molar-refractivity contribution >= 4 is 71.3 Å². The van der Waals surface area contributed by atoms with E-state index in [0.717, 1.165) is 50.1 Å². The van der Waals surface area contributed by atoms with Gasteiger partial charge in [-0.1, -0.05) is 164 Å². The molecule has 0 aliphatic rings. The molecule has 11 aromatic rings. The predicted octanol–water partition coefficient (Wildman–Crippen LogP) is 15.5. The SMILES string of the molecule is c1ccc(-c2cccc(N(c3ccc(-c4ccc5c(ccc6c7ccccc7ccc56)c4)cc3)c3ccc(-c4cccc5c4oc4ccccc45)cc3)c2)cc1. The monoisotopic (exact) mass is 713 g/mol. The van der Waals surface area contributed by atoms with Crippen molar-refractivity contribution in [2.75, 3.05) is 4.90 Å². The Labute approximate surface area is 325 Å². The van der Waals surface area contributed by atoms with Crippen LogP contribution >= 0.6 is 0 Å². The zero-order chi connectivity index (χ0) is 37.0. The van der Waals surface area contributed by atoms with Crippen LogP contribution in [0, 0.1) is 0 Å². The van der Waals surface area contributed by atoms with E-state index < -0.39 is 0 Å². The lowest BCUT2D eigenvalue weighted by Crippen LogP contribution is -2.10. The van der Waals surface area contributed by atoms with Crippen LogP contribution < -0.4 is 4.90 Å². The molecule has 0 aliphatic carbocycles. The molecule has 2 heteroatoms. The van der Waals surface area contributed by atoms with Gasteiger partial charge in [-0.2, -0.15) is 0 Å². The highest BCUT2D eigenvalue weighted by Crippen LogP contribution is 2.41. The van der Waals surface area contributed by atoms with Crippen LogP contribution in [0.2, 0.25) is 0 Å². The molecule has 0 radical (unpaired) electrons. The van der Waals surface area contributed by atoms with Crippen LogP contribution in [0.15, 0.2) is 217 Å². The quantitative estimate of drug-likeness (QED) is 0.160. The second-order valence-corrected chi connectivity index (χ2v) is 14.5. The van der Waals surface area contributed by atoms with Gasteiger partial charge in [-0.15, -0.1) is 0 Å². The zero-order valence-electron chi connectivity index (χ0n) is 30.6. The molecular formula is C54H35NO. The van der Waals surface area contributed by atoms with E-state index in [2.05, 4.69) is 205 Å². The highest BCUT2D eigenvalue weighted by Gasteiger charge is 2.17. The third-order valence-electron chi connectivity index (χ3n) is 11.3. The Morgan fingerprint density at radius 2 is 0.839 bits per heavy atom. The van der Waals surface area contributed by atoms with Crippen LogP contribution in [0.3, 0.4) is 0 Å². The van der Waals surface area contributed by atoms with Crippen molar-refractivity contribution in [1.29, 1.82) is 0 Å². The normalized spacial score (nSPS) is 11.6. The van der Waals surface area contributed by atoms with Gasteiger partial charge < -0.3 is 9.32 Å². The molecular weight excluding hydrogens is 679 g/mol. The summed E-state index contributed by atoms with van der Waals surface area (Å²) in [5, 5.41) is 9.94. The maximum atomic E-state index is 6.40. The minimum atomic E-state index is 0.908. The number of benzene rings is 10. The first-order chi connectivity index (χ1) is 27.7. The van der Waals surface area contributed by atoms with Crippen molar-refractivity contribution in [3.05, 3.63) is 212 Å². The van der Waals surface area contributed by atoms with Gasteiger partial charge in [0.05, 0.1) is 0 Å². The van der Waals surface area contributed by atoms with Crippen molar-refractivity contribution in [3.63, 3.8) is 0 Å². The molecule has 0 fully saturated rings. The van der Waals surface area contributed by atoms with E-state index >= 15 is 0 Å². The van der Waals surface area contributed by atoms with Crippen LogP contribution in [0.1, 0.15) is 0 Å². The molecule has 0 saturated carbocycles. The number of furan rings is 1. The van der Waals surface area contributed by atoms with E-state index in [0.29, 0.717) is 0 Å². The van der Waals surface area contributed by atoms with Crippen LogP contribution in [0.5, 0.6) is 0 Å². The Bertz CT molecular complexity index is 3230. The molecule has 262 valence electrons. The molecule has 0 unspecified atom stereocenters. The standard InChI is InChI=1S/C54H35NO/c1-2-10-36(11-3-1)40-13-8-14-45(35-40)55(44-29-22-39(23-30-44)48-17-9-18-52-51-16-6-7-19-53(51)56-54(48)52)43-27-20-37(21-28-43)41-25-31-47-42(34-41)26-33-49-46-15-5-4-12-38(46)24-32-50(47)49/h1-35H. The van der Waals surface area contributed by atoms with Gasteiger partial charge in [0.2, 0.25) is 0 Å². The average molecular weight is 714 g/mol. The molecule has 0 amide bonds. The van der Waals surface area contributed by atoms with Gasteiger partial charge in [-0.05, 0) is 109 Å². The fourth-order valence-corrected chi connectivity index (χ4v) is 8.48. The maximum absolute atomic E-state index is 6.40. The summed E-state index contributed by atoms with van der Waals surface area (Å²) in [6.07, 6.45) is 0. The third-order valence-corrected chi connectivity index (χ3v) is 11.3. The topological polar surface area (TPSA) is 16.4 Å². The molecule has 1 heterocycles. The van der Waals surface area contributed by atoms with E-state index in [1.807, 2.05) is 12.1 Å². The van der Waals surface area contributed by atoms with E-state index in [9.17, 15) is 0 Å². The number of fused-ring (bicyclic) bond motifs is 8. The first-order valence-electron chi connectivity index (χ1n) is 19.2. The Balaban J connectivity index is 0.981. The van der Waals surface area contributed by atoms with Crippen molar-refractivity contribution in [3.8, 4) is 33.4 Å². The highest BCUT2D eigenvalue weighted by molar-refractivity contribution is 6.17. The Hall–Kier alpha value is -7.42. The maximum Gasteiger partial charge on any atom is 0.143 e. The predicted molar refractivity (Wildman–Crippen MR) is 237 cm³/mol. The lowest BCUT2D eigenvalue weighted by molar-refractivity contribution is 0.670. The first-order valence-corrected chi connectivity index (χ1v) is 19.2. The molecule has 0 aliphatic heterocycles. The number of rotatable bonds is 6. The van der Waals surface area contributed by atoms with Crippen molar-refractivity contribution in [2.24, 2.45) is 0 Å². The van der Waals surface area contributed by atoms with E-state index in [1.165, 1.54) is 54.6 Å². The number of para-hydroxylation sites is 2. The number of hydrogen-bond acceptors (Lipinski definition) is 2. The highest BCUT2D eigenvalue weighted by atomic mass is 16.3. The number of hydrogen-bond donors (Lipinski definition) is 0. The van der Waals surface area contributed by atoms with E-state index in [4.69, 9.17) is 4.42 Å². The molecule has 0 N–H and O–H groups in total. The van der Waals surface area contributed by atoms with Crippen LogP contribution in [-0.2, 0) is 0 Å². The van der Waals surface area contributed by atoms with Crippen molar-refractivity contribution in [2.45, 2.75) is 0 Å². The van der Waals surface area contributed by atoms with Gasteiger partial charge in [0.1, 0.15) is 11.2 Å². The Morgan fingerprint density at radius 3 is 1.64 bits per heavy atom. The zero-order valence-corrected chi connectivity index (χ0v) is 30.6. The summed E-state index contributed by atoms with van der Waals surface area (Å²) in [4.78, 5) is 2.35. The smallest absolute Gasteiger partial charge is 0.143 e. The van der Waals surface area contributed by atoms with E-state index in [-0.39, 0.29) is 0 Å². The number of nitrogens with zero attached hydrogens (tertiary/aromatic N) is 1. The molecule has 0 atom stereocenters. The third kappa shape index (κ3) is 5.42.